The third kappa shape index (κ3) is 4.54. The first-order valence-electron chi connectivity index (χ1n) is 7.22. The molecule has 1 aromatic heterocycles. The van der Waals surface area contributed by atoms with Gasteiger partial charge in [-0.1, -0.05) is 30.3 Å². The zero-order valence-electron chi connectivity index (χ0n) is 12.8. The Labute approximate surface area is 134 Å². The number of aryl methyl sites for hydroxylation is 1. The fraction of sp³-hybridized carbons (Fsp3) is 0.375. The number of rotatable bonds is 6. The molecule has 1 atom stereocenters. The van der Waals surface area contributed by atoms with Crippen LogP contribution in [0, 0.1) is 6.92 Å². The summed E-state index contributed by atoms with van der Waals surface area (Å²) in [4.78, 5) is 19.4. The lowest BCUT2D eigenvalue weighted by atomic mass is 10.2. The van der Waals surface area contributed by atoms with Crippen LogP contribution in [0.25, 0.3) is 0 Å². The number of aliphatic hydroxyl groups is 1. The van der Waals surface area contributed by atoms with E-state index in [0.717, 1.165) is 15.4 Å². The van der Waals surface area contributed by atoms with Gasteiger partial charge in [0.15, 0.2) is 0 Å². The quantitative estimate of drug-likeness (QED) is 0.860. The molecule has 0 radical (unpaired) electrons. The van der Waals surface area contributed by atoms with Gasteiger partial charge in [-0.25, -0.2) is 9.78 Å². The molecular weight excluding hydrogens is 298 g/mol. The summed E-state index contributed by atoms with van der Waals surface area (Å²) in [6, 6.07) is 9.39. The van der Waals surface area contributed by atoms with E-state index in [4.69, 9.17) is 0 Å². The van der Waals surface area contributed by atoms with E-state index < -0.39 is 0 Å². The summed E-state index contributed by atoms with van der Waals surface area (Å²) < 4.78 is 0. The first-order chi connectivity index (χ1) is 10.6. The molecule has 1 unspecified atom stereocenters. The highest BCUT2D eigenvalue weighted by atomic mass is 32.1. The van der Waals surface area contributed by atoms with Crippen molar-refractivity contribution in [2.24, 2.45) is 0 Å². The number of nitrogens with one attached hydrogen (secondary N) is 1. The van der Waals surface area contributed by atoms with E-state index in [1.807, 2.05) is 44.2 Å². The average molecular weight is 319 g/mol. The van der Waals surface area contributed by atoms with E-state index in [0.29, 0.717) is 13.1 Å². The van der Waals surface area contributed by atoms with Crippen LogP contribution >= 0.6 is 11.3 Å². The number of aromatic nitrogens is 1. The molecule has 0 saturated carbocycles. The Kier molecular flexibility index (Phi) is 5.91. The fourth-order valence-electron chi connectivity index (χ4n) is 2.09. The number of carbonyl (C=O) groups excluding carboxylic acids is 1. The number of hydrogen-bond acceptors (Lipinski definition) is 4. The number of aliphatic hydroxyl groups excluding tert-OH is 1. The molecule has 118 valence electrons. The van der Waals surface area contributed by atoms with Crippen molar-refractivity contribution in [3.8, 4) is 0 Å². The minimum atomic E-state index is -0.196. The van der Waals surface area contributed by atoms with Gasteiger partial charge in [-0.2, -0.15) is 0 Å². The molecule has 1 aromatic carbocycles. The van der Waals surface area contributed by atoms with Crippen LogP contribution in [-0.2, 0) is 6.54 Å². The number of hydrogen-bond donors (Lipinski definition) is 2. The van der Waals surface area contributed by atoms with E-state index in [-0.39, 0.29) is 18.7 Å². The fourth-order valence-corrected chi connectivity index (χ4v) is 2.86. The van der Waals surface area contributed by atoms with Crippen molar-refractivity contribution in [2.45, 2.75) is 26.4 Å². The summed E-state index contributed by atoms with van der Waals surface area (Å²) in [6.07, 6.45) is 1.80. The summed E-state index contributed by atoms with van der Waals surface area (Å²) in [5.74, 6) is 0. The Hall–Kier alpha value is -1.92. The number of benzene rings is 1. The Bertz CT molecular complexity index is 600. The first-order valence-corrected chi connectivity index (χ1v) is 8.04. The number of thiazole rings is 1. The van der Waals surface area contributed by atoms with E-state index in [1.165, 1.54) is 0 Å². The standard InChI is InChI=1S/C16H21N3O2S/c1-12-10-17-15(22-12)13(2)18-16(21)19(8-9-20)11-14-6-4-3-5-7-14/h3-7,10,13,20H,8-9,11H2,1-2H3,(H,18,21). The van der Waals surface area contributed by atoms with Gasteiger partial charge < -0.3 is 15.3 Å². The second-order valence-electron chi connectivity index (χ2n) is 5.11. The lowest BCUT2D eigenvalue weighted by Gasteiger charge is -2.24. The van der Waals surface area contributed by atoms with Gasteiger partial charge in [-0.15, -0.1) is 11.3 Å². The monoisotopic (exact) mass is 319 g/mol. The minimum Gasteiger partial charge on any atom is -0.395 e. The van der Waals surface area contributed by atoms with Crippen molar-refractivity contribution in [1.82, 2.24) is 15.2 Å². The molecule has 0 aliphatic rings. The predicted octanol–water partition coefficient (Wildman–Crippen LogP) is 2.72. The molecular formula is C16H21N3O2S. The molecule has 22 heavy (non-hydrogen) atoms. The predicted molar refractivity (Wildman–Crippen MR) is 87.7 cm³/mol. The Morgan fingerprint density at radius 2 is 2.14 bits per heavy atom. The van der Waals surface area contributed by atoms with E-state index in [2.05, 4.69) is 10.3 Å². The molecule has 2 N–H and O–H groups in total. The molecule has 5 nitrogen and oxygen atoms in total. The van der Waals surface area contributed by atoms with Crippen molar-refractivity contribution in [2.75, 3.05) is 13.2 Å². The molecule has 0 fully saturated rings. The Morgan fingerprint density at radius 3 is 2.73 bits per heavy atom. The van der Waals surface area contributed by atoms with Crippen LogP contribution in [0.1, 0.15) is 28.4 Å². The number of nitrogens with zero attached hydrogens (tertiary/aromatic N) is 2. The molecule has 0 aliphatic heterocycles. The van der Waals surface area contributed by atoms with Crippen molar-refractivity contribution in [1.29, 1.82) is 0 Å². The summed E-state index contributed by atoms with van der Waals surface area (Å²) in [7, 11) is 0. The van der Waals surface area contributed by atoms with E-state index >= 15 is 0 Å². The maximum Gasteiger partial charge on any atom is 0.318 e. The van der Waals surface area contributed by atoms with Crippen molar-refractivity contribution in [3.05, 3.63) is 52.0 Å². The average Bonchev–Trinajstić information content (AvgIpc) is 2.94. The smallest absolute Gasteiger partial charge is 0.318 e. The highest BCUT2D eigenvalue weighted by molar-refractivity contribution is 7.11. The van der Waals surface area contributed by atoms with Gasteiger partial charge in [-0.05, 0) is 19.4 Å². The first kappa shape index (κ1) is 16.5. The van der Waals surface area contributed by atoms with Gasteiger partial charge in [0, 0.05) is 24.2 Å². The Morgan fingerprint density at radius 1 is 1.41 bits per heavy atom. The summed E-state index contributed by atoms with van der Waals surface area (Å²) >= 11 is 1.57. The lowest BCUT2D eigenvalue weighted by Crippen LogP contribution is -2.42. The largest absolute Gasteiger partial charge is 0.395 e. The van der Waals surface area contributed by atoms with Crippen molar-refractivity contribution >= 4 is 17.4 Å². The molecule has 0 aliphatic carbocycles. The van der Waals surface area contributed by atoms with Crippen LogP contribution in [0.4, 0.5) is 4.79 Å². The highest BCUT2D eigenvalue weighted by Crippen LogP contribution is 2.19. The van der Waals surface area contributed by atoms with Crippen LogP contribution in [0.2, 0.25) is 0 Å². The molecule has 2 rings (SSSR count). The zero-order chi connectivity index (χ0) is 15.9. The second kappa shape index (κ2) is 7.91. The maximum absolute atomic E-state index is 12.4. The third-order valence-electron chi connectivity index (χ3n) is 3.22. The second-order valence-corrected chi connectivity index (χ2v) is 6.38. The normalized spacial score (nSPS) is 12.0. The van der Waals surface area contributed by atoms with Crippen LogP contribution in [0.15, 0.2) is 36.5 Å². The maximum atomic E-state index is 12.4. The number of amides is 2. The van der Waals surface area contributed by atoms with E-state index in [9.17, 15) is 9.90 Å². The molecule has 0 saturated heterocycles. The van der Waals surface area contributed by atoms with Crippen LogP contribution in [0.3, 0.4) is 0 Å². The van der Waals surface area contributed by atoms with Gasteiger partial charge in [0.2, 0.25) is 0 Å². The summed E-state index contributed by atoms with van der Waals surface area (Å²) in [5.41, 5.74) is 1.03. The van der Waals surface area contributed by atoms with Gasteiger partial charge in [0.1, 0.15) is 5.01 Å². The SMILES string of the molecule is Cc1cnc(C(C)NC(=O)N(CCO)Cc2ccccc2)s1. The zero-order valence-corrected chi connectivity index (χ0v) is 13.6. The van der Waals surface area contributed by atoms with Crippen LogP contribution in [-0.4, -0.2) is 34.2 Å². The van der Waals surface area contributed by atoms with Gasteiger partial charge in [0.25, 0.3) is 0 Å². The number of carbonyl (C=O) groups is 1. The lowest BCUT2D eigenvalue weighted by molar-refractivity contribution is 0.171. The molecule has 2 aromatic rings. The van der Waals surface area contributed by atoms with Gasteiger partial charge in [0.05, 0.1) is 12.6 Å². The number of urea groups is 1. The van der Waals surface area contributed by atoms with Crippen LogP contribution in [0.5, 0.6) is 0 Å². The molecule has 1 heterocycles. The molecule has 2 amide bonds. The van der Waals surface area contributed by atoms with Gasteiger partial charge in [-0.3, -0.25) is 0 Å². The van der Waals surface area contributed by atoms with E-state index in [1.54, 1.807) is 22.4 Å². The summed E-state index contributed by atoms with van der Waals surface area (Å²) in [6.45, 7) is 4.60. The Balaban J connectivity index is 2.00. The van der Waals surface area contributed by atoms with Crippen LogP contribution < -0.4 is 5.32 Å². The molecule has 0 bridgehead atoms. The highest BCUT2D eigenvalue weighted by Gasteiger charge is 2.18. The van der Waals surface area contributed by atoms with Crippen molar-refractivity contribution in [3.63, 3.8) is 0 Å². The molecule has 0 spiro atoms. The molecule has 6 heteroatoms. The topological polar surface area (TPSA) is 65.5 Å². The van der Waals surface area contributed by atoms with Crippen molar-refractivity contribution < 1.29 is 9.90 Å². The van der Waals surface area contributed by atoms with Gasteiger partial charge >= 0.3 is 6.03 Å². The summed E-state index contributed by atoms with van der Waals surface area (Å²) in [5, 5.41) is 13.0. The minimum absolute atomic E-state index is 0.0645. The third-order valence-corrected chi connectivity index (χ3v) is 4.32.